The summed E-state index contributed by atoms with van der Waals surface area (Å²) in [5.74, 6) is 0.168. The van der Waals surface area contributed by atoms with Gasteiger partial charge in [-0.3, -0.25) is 14.6 Å². The van der Waals surface area contributed by atoms with Crippen LogP contribution in [0.2, 0.25) is 0 Å². The zero-order chi connectivity index (χ0) is 18.9. The Morgan fingerprint density at radius 3 is 2.48 bits per heavy atom. The summed E-state index contributed by atoms with van der Waals surface area (Å²) in [6.07, 6.45) is 6.46. The molecule has 0 aromatic carbocycles. The van der Waals surface area contributed by atoms with Gasteiger partial charge < -0.3 is 15.4 Å². The minimum Gasteiger partial charge on any atom is -0.375 e. The fraction of sp³-hybridized carbons (Fsp3) is 0.842. The zero-order valence-electron chi connectivity index (χ0n) is 16.5. The first-order chi connectivity index (χ1) is 11.7. The summed E-state index contributed by atoms with van der Waals surface area (Å²) in [5.41, 5.74) is 0.349. The van der Waals surface area contributed by atoms with Gasteiger partial charge in [0.2, 0.25) is 11.8 Å². The molecule has 1 aliphatic carbocycles. The number of carbonyl (C=O) groups excluding carboxylic acids is 2. The summed E-state index contributed by atoms with van der Waals surface area (Å²) < 4.78 is 4.81. The van der Waals surface area contributed by atoms with Crippen LogP contribution < -0.4 is 10.6 Å². The van der Waals surface area contributed by atoms with Crippen LogP contribution in [0.3, 0.4) is 0 Å². The third-order valence-electron chi connectivity index (χ3n) is 4.80. The maximum atomic E-state index is 12.4. The second kappa shape index (κ2) is 10.5. The standard InChI is InChI=1S/C19H35N3O3/c1-14(15(2)20-11-16-9-7-6-8-10-16)18(24)21-13-19(3,4)22-17(23)12-25-5/h14,16H,6-13H2,1-5H3,(H,21,24)(H,22,23). The van der Waals surface area contributed by atoms with E-state index in [1.165, 1.54) is 39.2 Å². The van der Waals surface area contributed by atoms with E-state index in [0.717, 1.165) is 12.3 Å². The number of carbonyl (C=O) groups is 2. The Bertz CT molecular complexity index is 469. The van der Waals surface area contributed by atoms with Crippen molar-refractivity contribution in [3.63, 3.8) is 0 Å². The third kappa shape index (κ3) is 8.47. The van der Waals surface area contributed by atoms with Crippen molar-refractivity contribution in [3.05, 3.63) is 0 Å². The van der Waals surface area contributed by atoms with Crippen LogP contribution in [-0.2, 0) is 14.3 Å². The Morgan fingerprint density at radius 1 is 1.24 bits per heavy atom. The van der Waals surface area contributed by atoms with E-state index >= 15 is 0 Å². The van der Waals surface area contributed by atoms with Crippen LogP contribution in [0, 0.1) is 11.8 Å². The van der Waals surface area contributed by atoms with Gasteiger partial charge in [-0.1, -0.05) is 19.3 Å². The molecule has 1 fully saturated rings. The van der Waals surface area contributed by atoms with E-state index in [2.05, 4.69) is 15.6 Å². The first-order valence-corrected chi connectivity index (χ1v) is 9.34. The lowest BCUT2D eigenvalue weighted by molar-refractivity contribution is -0.127. The summed E-state index contributed by atoms with van der Waals surface area (Å²) in [4.78, 5) is 28.6. The Kier molecular flexibility index (Phi) is 9.11. The number of aliphatic imine (C=N–C) groups is 1. The highest BCUT2D eigenvalue weighted by molar-refractivity contribution is 6.02. The lowest BCUT2D eigenvalue weighted by Gasteiger charge is -2.27. The van der Waals surface area contributed by atoms with Gasteiger partial charge in [-0.25, -0.2) is 0 Å². The lowest BCUT2D eigenvalue weighted by atomic mass is 9.89. The molecular formula is C19H35N3O3. The number of hydrogen-bond acceptors (Lipinski definition) is 4. The Labute approximate surface area is 152 Å². The Balaban J connectivity index is 2.42. The molecule has 25 heavy (non-hydrogen) atoms. The topological polar surface area (TPSA) is 79.8 Å². The largest absolute Gasteiger partial charge is 0.375 e. The maximum Gasteiger partial charge on any atom is 0.246 e. The van der Waals surface area contributed by atoms with Crippen molar-refractivity contribution < 1.29 is 14.3 Å². The number of amides is 2. The van der Waals surface area contributed by atoms with Gasteiger partial charge in [-0.15, -0.1) is 0 Å². The van der Waals surface area contributed by atoms with Crippen LogP contribution in [-0.4, -0.2) is 49.9 Å². The average Bonchev–Trinajstić information content (AvgIpc) is 2.57. The molecule has 1 rings (SSSR count). The summed E-state index contributed by atoms with van der Waals surface area (Å²) in [7, 11) is 1.48. The highest BCUT2D eigenvalue weighted by Gasteiger charge is 2.23. The Hall–Kier alpha value is -1.43. The molecule has 1 aliphatic rings. The molecule has 0 aromatic rings. The van der Waals surface area contributed by atoms with E-state index in [1.54, 1.807) is 0 Å². The van der Waals surface area contributed by atoms with Crippen molar-refractivity contribution in [1.29, 1.82) is 0 Å². The van der Waals surface area contributed by atoms with Crippen LogP contribution >= 0.6 is 0 Å². The smallest absolute Gasteiger partial charge is 0.246 e. The molecule has 0 aliphatic heterocycles. The monoisotopic (exact) mass is 353 g/mol. The van der Waals surface area contributed by atoms with Gasteiger partial charge in [0, 0.05) is 25.9 Å². The second-order valence-electron chi connectivity index (χ2n) is 7.79. The van der Waals surface area contributed by atoms with Crippen molar-refractivity contribution in [3.8, 4) is 0 Å². The van der Waals surface area contributed by atoms with Crippen molar-refractivity contribution >= 4 is 17.5 Å². The molecule has 6 nitrogen and oxygen atoms in total. The molecule has 0 aromatic heterocycles. The van der Waals surface area contributed by atoms with Crippen molar-refractivity contribution in [1.82, 2.24) is 10.6 Å². The summed E-state index contributed by atoms with van der Waals surface area (Å²) in [5, 5.41) is 5.75. The predicted octanol–water partition coefficient (Wildman–Crippen LogP) is 2.32. The molecule has 0 heterocycles. The molecular weight excluding hydrogens is 318 g/mol. The van der Waals surface area contributed by atoms with E-state index in [1.807, 2.05) is 27.7 Å². The number of hydrogen-bond donors (Lipinski definition) is 2. The highest BCUT2D eigenvalue weighted by Crippen LogP contribution is 2.23. The molecule has 1 unspecified atom stereocenters. The van der Waals surface area contributed by atoms with Crippen LogP contribution in [0.15, 0.2) is 4.99 Å². The fourth-order valence-corrected chi connectivity index (χ4v) is 3.02. The zero-order valence-corrected chi connectivity index (χ0v) is 16.5. The molecule has 0 bridgehead atoms. The van der Waals surface area contributed by atoms with Gasteiger partial charge in [0.1, 0.15) is 6.61 Å². The molecule has 6 heteroatoms. The number of rotatable bonds is 9. The third-order valence-corrected chi connectivity index (χ3v) is 4.80. The molecule has 1 atom stereocenters. The SMILES string of the molecule is COCC(=O)NC(C)(C)CNC(=O)C(C)C(C)=NCC1CCCCC1. The van der Waals surface area contributed by atoms with Gasteiger partial charge >= 0.3 is 0 Å². The van der Waals surface area contributed by atoms with E-state index in [9.17, 15) is 9.59 Å². The second-order valence-corrected chi connectivity index (χ2v) is 7.79. The van der Waals surface area contributed by atoms with Gasteiger partial charge in [0.25, 0.3) is 0 Å². The van der Waals surface area contributed by atoms with Crippen molar-refractivity contribution in [2.45, 2.75) is 65.3 Å². The summed E-state index contributed by atoms with van der Waals surface area (Å²) >= 11 is 0. The molecule has 0 radical (unpaired) electrons. The molecule has 144 valence electrons. The van der Waals surface area contributed by atoms with E-state index in [4.69, 9.17) is 4.74 Å². The van der Waals surface area contributed by atoms with Gasteiger partial charge in [-0.05, 0) is 46.5 Å². The first-order valence-electron chi connectivity index (χ1n) is 9.34. The molecule has 0 saturated heterocycles. The molecule has 2 amide bonds. The lowest BCUT2D eigenvalue weighted by Crippen LogP contribution is -2.53. The minimum absolute atomic E-state index is 0.0146. The van der Waals surface area contributed by atoms with Gasteiger partial charge in [0.15, 0.2) is 0 Å². The minimum atomic E-state index is -0.530. The average molecular weight is 354 g/mol. The van der Waals surface area contributed by atoms with Crippen LogP contribution in [0.5, 0.6) is 0 Å². The molecule has 0 spiro atoms. The first kappa shape index (κ1) is 21.6. The summed E-state index contributed by atoms with van der Waals surface area (Å²) in [6.45, 7) is 8.76. The predicted molar refractivity (Wildman–Crippen MR) is 101 cm³/mol. The number of methoxy groups -OCH3 is 1. The van der Waals surface area contributed by atoms with Crippen LogP contribution in [0.25, 0.3) is 0 Å². The van der Waals surface area contributed by atoms with Crippen molar-refractivity contribution in [2.75, 3.05) is 26.8 Å². The van der Waals surface area contributed by atoms with E-state index in [-0.39, 0.29) is 24.3 Å². The highest BCUT2D eigenvalue weighted by atomic mass is 16.5. The van der Waals surface area contributed by atoms with Crippen molar-refractivity contribution in [2.24, 2.45) is 16.8 Å². The number of nitrogens with one attached hydrogen (secondary N) is 2. The Morgan fingerprint density at radius 2 is 1.88 bits per heavy atom. The van der Waals surface area contributed by atoms with Crippen LogP contribution in [0.4, 0.5) is 0 Å². The maximum absolute atomic E-state index is 12.4. The number of ether oxygens (including phenoxy) is 1. The molecule has 2 N–H and O–H groups in total. The van der Waals surface area contributed by atoms with E-state index < -0.39 is 5.54 Å². The van der Waals surface area contributed by atoms with E-state index in [0.29, 0.717) is 12.5 Å². The quantitative estimate of drug-likeness (QED) is 0.624. The van der Waals surface area contributed by atoms with Gasteiger partial charge in [0.05, 0.1) is 11.5 Å². The number of nitrogens with zero attached hydrogens (tertiary/aromatic N) is 1. The van der Waals surface area contributed by atoms with Crippen LogP contribution in [0.1, 0.15) is 59.8 Å². The summed E-state index contributed by atoms with van der Waals surface area (Å²) in [6, 6.07) is 0. The fourth-order valence-electron chi connectivity index (χ4n) is 3.02. The van der Waals surface area contributed by atoms with Gasteiger partial charge in [-0.2, -0.15) is 0 Å². The molecule has 1 saturated carbocycles. The normalized spacial score (nSPS) is 17.9.